The lowest BCUT2D eigenvalue weighted by Gasteiger charge is -2.26. The Kier molecular flexibility index (Phi) is 8.49. The molecule has 1 aromatic heterocycles. The molecule has 12 heteroatoms. The van der Waals surface area contributed by atoms with Crippen molar-refractivity contribution in [2.75, 3.05) is 29.2 Å². The van der Waals surface area contributed by atoms with E-state index in [-0.39, 0.29) is 28.7 Å². The number of amides is 3. The van der Waals surface area contributed by atoms with Crippen molar-refractivity contribution in [2.24, 2.45) is 4.36 Å². The van der Waals surface area contributed by atoms with E-state index in [1.807, 2.05) is 0 Å². The van der Waals surface area contributed by atoms with Gasteiger partial charge in [0.05, 0.1) is 29.1 Å². The number of anilines is 3. The summed E-state index contributed by atoms with van der Waals surface area (Å²) in [5.41, 5.74) is 1.58. The second-order valence-electron chi connectivity index (χ2n) is 8.07. The number of hydrogen-bond acceptors (Lipinski definition) is 7. The topological polar surface area (TPSA) is 130 Å². The van der Waals surface area contributed by atoms with Crippen molar-refractivity contribution in [3.05, 3.63) is 76.9 Å². The Morgan fingerprint density at radius 2 is 1.84 bits per heavy atom. The first kappa shape index (κ1) is 26.3. The molecule has 37 heavy (non-hydrogen) atoms. The summed E-state index contributed by atoms with van der Waals surface area (Å²) in [7, 11) is -1.06. The van der Waals surface area contributed by atoms with E-state index < -0.39 is 22.7 Å². The van der Waals surface area contributed by atoms with Gasteiger partial charge in [-0.05, 0) is 67.4 Å². The number of rotatable bonds is 7. The molecular weight excluding hydrogens is 518 g/mol. The molecule has 1 unspecified atom stereocenters. The molecule has 2 N–H and O–H groups in total. The Bertz CT molecular complexity index is 1410. The first-order chi connectivity index (χ1) is 17.8. The van der Waals surface area contributed by atoms with Gasteiger partial charge in [-0.2, -0.15) is 4.36 Å². The standard InChI is InChI=1S/C25H24ClN5O5S/c1-36-37(35)30-18-8-11-21(20(14-18)25(34)29-22-12-7-17(26)15-27-22)28-24(33)16-5-9-19(10-6-16)31-13-3-2-4-23(31)32/h5-12,14-15,37H,2-4,13H2,1H3,(H,28,33)(H,27,29,34). The van der Waals surface area contributed by atoms with E-state index >= 15 is 0 Å². The Morgan fingerprint density at radius 1 is 1.05 bits per heavy atom. The minimum Gasteiger partial charge on any atom is -0.321 e. The summed E-state index contributed by atoms with van der Waals surface area (Å²) in [6, 6.07) is 14.2. The zero-order valence-corrected chi connectivity index (χ0v) is 21.5. The zero-order valence-electron chi connectivity index (χ0n) is 19.8. The number of thiol groups is 1. The second kappa shape index (κ2) is 12.0. The van der Waals surface area contributed by atoms with Gasteiger partial charge in [-0.15, -0.1) is 0 Å². The quantitative estimate of drug-likeness (QED) is 0.374. The largest absolute Gasteiger partial charge is 0.321 e. The number of nitrogens with zero attached hydrogens (tertiary/aromatic N) is 3. The molecule has 2 heterocycles. The third-order valence-electron chi connectivity index (χ3n) is 5.58. The number of halogens is 1. The molecule has 0 aliphatic carbocycles. The highest BCUT2D eigenvalue weighted by Gasteiger charge is 2.20. The highest BCUT2D eigenvalue weighted by molar-refractivity contribution is 7.69. The molecule has 1 saturated heterocycles. The highest BCUT2D eigenvalue weighted by atomic mass is 35.5. The number of nitrogens with one attached hydrogen (secondary N) is 2. The third-order valence-corrected chi connectivity index (χ3v) is 6.51. The third kappa shape index (κ3) is 6.70. The lowest BCUT2D eigenvalue weighted by molar-refractivity contribution is -0.119. The van der Waals surface area contributed by atoms with Crippen LogP contribution in [0.4, 0.5) is 22.9 Å². The van der Waals surface area contributed by atoms with Crippen LogP contribution >= 0.6 is 11.6 Å². The molecule has 192 valence electrons. The molecule has 1 aliphatic heterocycles. The lowest BCUT2D eigenvalue weighted by Crippen LogP contribution is -2.35. The summed E-state index contributed by atoms with van der Waals surface area (Å²) in [4.78, 5) is 44.0. The normalized spacial score (nSPS) is 14.3. The minimum atomic E-state index is -2.31. The first-order valence-electron chi connectivity index (χ1n) is 11.4. The highest BCUT2D eigenvalue weighted by Crippen LogP contribution is 2.26. The predicted molar refractivity (Wildman–Crippen MR) is 143 cm³/mol. The molecule has 1 fully saturated rings. The maximum absolute atomic E-state index is 13.1. The smallest absolute Gasteiger partial charge is 0.259 e. The molecule has 2 aromatic carbocycles. The van der Waals surface area contributed by atoms with Crippen molar-refractivity contribution in [1.82, 2.24) is 4.98 Å². The molecule has 3 amide bonds. The van der Waals surface area contributed by atoms with Gasteiger partial charge >= 0.3 is 0 Å². The second-order valence-corrected chi connectivity index (χ2v) is 9.55. The van der Waals surface area contributed by atoms with E-state index in [1.165, 1.54) is 37.6 Å². The van der Waals surface area contributed by atoms with E-state index in [9.17, 15) is 18.6 Å². The van der Waals surface area contributed by atoms with E-state index in [1.54, 1.807) is 35.2 Å². The molecule has 1 atom stereocenters. The maximum atomic E-state index is 13.1. The van der Waals surface area contributed by atoms with Crippen LogP contribution < -0.4 is 15.5 Å². The van der Waals surface area contributed by atoms with Crippen molar-refractivity contribution < 1.29 is 22.8 Å². The molecule has 3 aromatic rings. The fourth-order valence-corrected chi connectivity index (χ4v) is 4.23. The van der Waals surface area contributed by atoms with Crippen LogP contribution in [0.1, 0.15) is 40.0 Å². The number of hydrogen-bond donors (Lipinski definition) is 3. The molecule has 0 bridgehead atoms. The molecule has 0 radical (unpaired) electrons. The van der Waals surface area contributed by atoms with E-state index in [0.29, 0.717) is 23.6 Å². The summed E-state index contributed by atoms with van der Waals surface area (Å²) >= 11 is 5.86. The van der Waals surface area contributed by atoms with Crippen molar-refractivity contribution >= 4 is 63.1 Å². The maximum Gasteiger partial charge on any atom is 0.259 e. The van der Waals surface area contributed by atoms with Crippen molar-refractivity contribution in [1.29, 1.82) is 0 Å². The average molecular weight is 542 g/mol. The monoisotopic (exact) mass is 541 g/mol. The van der Waals surface area contributed by atoms with Crippen LogP contribution in [0.5, 0.6) is 0 Å². The zero-order chi connectivity index (χ0) is 26.4. The predicted octanol–water partition coefficient (Wildman–Crippen LogP) is 4.61. The molecule has 4 rings (SSSR count). The Hall–Kier alpha value is -3.80. The van der Waals surface area contributed by atoms with E-state index in [4.69, 9.17) is 15.8 Å². The Labute approximate surface area is 220 Å². The van der Waals surface area contributed by atoms with Gasteiger partial charge in [0.25, 0.3) is 11.8 Å². The number of piperidine rings is 1. The van der Waals surface area contributed by atoms with Crippen molar-refractivity contribution in [2.45, 2.75) is 19.3 Å². The van der Waals surface area contributed by atoms with Gasteiger partial charge < -0.3 is 15.5 Å². The van der Waals surface area contributed by atoms with Crippen LogP contribution in [-0.4, -0.2) is 40.6 Å². The summed E-state index contributed by atoms with van der Waals surface area (Å²) in [5, 5.41) is 5.78. The van der Waals surface area contributed by atoms with Gasteiger partial charge in [-0.3, -0.25) is 18.6 Å². The molecule has 0 spiro atoms. The average Bonchev–Trinajstić information content (AvgIpc) is 2.91. The van der Waals surface area contributed by atoms with E-state index in [2.05, 4.69) is 20.0 Å². The summed E-state index contributed by atoms with van der Waals surface area (Å²) in [5.74, 6) is -0.716. The van der Waals surface area contributed by atoms with Crippen LogP contribution in [-0.2, 0) is 19.9 Å². The van der Waals surface area contributed by atoms with Gasteiger partial charge in [0.2, 0.25) is 5.91 Å². The lowest BCUT2D eigenvalue weighted by atomic mass is 10.1. The van der Waals surface area contributed by atoms with Crippen LogP contribution in [0.3, 0.4) is 0 Å². The first-order valence-corrected chi connectivity index (χ1v) is 12.9. The van der Waals surface area contributed by atoms with Crippen molar-refractivity contribution in [3.63, 3.8) is 0 Å². The number of pyridine rings is 1. The fourth-order valence-electron chi connectivity index (χ4n) is 3.73. The van der Waals surface area contributed by atoms with Crippen LogP contribution in [0.15, 0.2) is 65.2 Å². The number of benzene rings is 2. The molecule has 1 aliphatic rings. The Morgan fingerprint density at radius 3 is 2.51 bits per heavy atom. The summed E-state index contributed by atoms with van der Waals surface area (Å²) in [6.45, 7) is 0.650. The van der Waals surface area contributed by atoms with Crippen molar-refractivity contribution in [3.8, 4) is 0 Å². The number of aromatic nitrogens is 1. The molecule has 10 nitrogen and oxygen atoms in total. The molecule has 0 saturated carbocycles. The minimum absolute atomic E-state index is 0.0648. The van der Waals surface area contributed by atoms with Gasteiger partial charge in [0.1, 0.15) is 5.82 Å². The Balaban J connectivity index is 1.58. The van der Waals surface area contributed by atoms with E-state index in [0.717, 1.165) is 18.5 Å². The van der Waals surface area contributed by atoms with Gasteiger partial charge in [0.15, 0.2) is 10.9 Å². The number of carbonyl (C=O) groups excluding carboxylic acids is 3. The summed E-state index contributed by atoms with van der Waals surface area (Å²) in [6.07, 6.45) is 3.72. The van der Waals surface area contributed by atoms with Gasteiger partial charge in [0, 0.05) is 30.4 Å². The van der Waals surface area contributed by atoms with Crippen LogP contribution in [0.25, 0.3) is 0 Å². The van der Waals surface area contributed by atoms with Crippen LogP contribution in [0, 0.1) is 0 Å². The number of carbonyl (C=O) groups is 3. The summed E-state index contributed by atoms with van der Waals surface area (Å²) < 4.78 is 20.3. The van der Waals surface area contributed by atoms with Gasteiger partial charge in [-0.25, -0.2) is 9.19 Å². The fraction of sp³-hybridized carbons (Fsp3) is 0.200. The van der Waals surface area contributed by atoms with Crippen LogP contribution in [0.2, 0.25) is 5.02 Å². The van der Waals surface area contributed by atoms with Gasteiger partial charge in [-0.1, -0.05) is 11.6 Å². The SMILES string of the molecule is CO[SH](=O)=Nc1ccc(NC(=O)c2ccc(N3CCCCC3=O)cc2)c(C(=O)Nc2ccc(Cl)cn2)c1. The molecular formula is C25H24ClN5O5S.